The normalized spacial score (nSPS) is 15.3. The van der Waals surface area contributed by atoms with Gasteiger partial charge < -0.3 is 14.6 Å². The number of nitrogens with one attached hydrogen (secondary N) is 1. The molecule has 2 N–H and O–H groups in total. The molecule has 8 nitrogen and oxygen atoms in total. The topological polar surface area (TPSA) is 105 Å². The number of amides is 4. The number of rotatable bonds is 7. The molecule has 0 aliphatic carbocycles. The van der Waals surface area contributed by atoms with Crippen LogP contribution < -0.4 is 14.8 Å². The molecular formula is C22H21BrN2O6. The Labute approximate surface area is 187 Å². The van der Waals surface area contributed by atoms with Crippen LogP contribution in [0.2, 0.25) is 0 Å². The molecule has 3 rings (SSSR count). The SMILES string of the molecule is CCCOc1ccc(CN2C(=O)NC(=O)/C(=C\c3ccc(O)c(Br)c3)C2=O)cc1OC. The first-order valence-corrected chi connectivity index (χ1v) is 10.3. The fraction of sp³-hybridized carbons (Fsp3) is 0.227. The largest absolute Gasteiger partial charge is 0.507 e. The number of benzene rings is 2. The number of hydrogen-bond donors (Lipinski definition) is 2. The molecule has 4 amide bonds. The number of carbonyl (C=O) groups is 3. The zero-order valence-corrected chi connectivity index (χ0v) is 18.6. The second kappa shape index (κ2) is 9.65. The summed E-state index contributed by atoms with van der Waals surface area (Å²) in [7, 11) is 1.51. The third kappa shape index (κ3) is 5.05. The lowest BCUT2D eigenvalue weighted by atomic mass is 10.1. The van der Waals surface area contributed by atoms with Crippen molar-refractivity contribution >= 4 is 39.9 Å². The van der Waals surface area contributed by atoms with Crippen molar-refractivity contribution in [2.24, 2.45) is 0 Å². The summed E-state index contributed by atoms with van der Waals surface area (Å²) >= 11 is 3.19. The van der Waals surface area contributed by atoms with E-state index in [4.69, 9.17) is 9.47 Å². The van der Waals surface area contributed by atoms with E-state index in [2.05, 4.69) is 21.2 Å². The Kier molecular flexibility index (Phi) is 6.96. The number of phenolic OH excluding ortho intramolecular Hbond substituents is 1. The molecule has 0 bridgehead atoms. The minimum atomic E-state index is -0.802. The van der Waals surface area contributed by atoms with Crippen molar-refractivity contribution in [3.05, 3.63) is 57.6 Å². The highest BCUT2D eigenvalue weighted by atomic mass is 79.9. The average molecular weight is 489 g/mol. The maximum atomic E-state index is 12.9. The van der Waals surface area contributed by atoms with E-state index in [1.807, 2.05) is 6.92 Å². The van der Waals surface area contributed by atoms with Gasteiger partial charge in [0.2, 0.25) is 0 Å². The van der Waals surface area contributed by atoms with E-state index < -0.39 is 17.8 Å². The Bertz CT molecular complexity index is 1070. The molecule has 1 heterocycles. The Morgan fingerprint density at radius 2 is 1.90 bits per heavy atom. The number of nitrogens with zero attached hydrogens (tertiary/aromatic N) is 1. The van der Waals surface area contributed by atoms with E-state index in [1.165, 1.54) is 19.3 Å². The van der Waals surface area contributed by atoms with E-state index in [0.29, 0.717) is 33.7 Å². The number of halogens is 1. The quantitative estimate of drug-likeness (QED) is 0.455. The molecular weight excluding hydrogens is 468 g/mol. The predicted octanol–water partition coefficient (Wildman–Crippen LogP) is 3.61. The van der Waals surface area contributed by atoms with Crippen molar-refractivity contribution < 1.29 is 29.0 Å². The van der Waals surface area contributed by atoms with Gasteiger partial charge >= 0.3 is 6.03 Å². The highest BCUT2D eigenvalue weighted by molar-refractivity contribution is 9.10. The van der Waals surface area contributed by atoms with Gasteiger partial charge in [-0.3, -0.25) is 19.8 Å². The van der Waals surface area contributed by atoms with Gasteiger partial charge in [-0.25, -0.2) is 4.79 Å². The summed E-state index contributed by atoms with van der Waals surface area (Å²) < 4.78 is 11.4. The van der Waals surface area contributed by atoms with Crippen LogP contribution in [-0.4, -0.2) is 41.6 Å². The molecule has 0 saturated carbocycles. The molecule has 1 saturated heterocycles. The zero-order valence-electron chi connectivity index (χ0n) is 17.0. The molecule has 0 unspecified atom stereocenters. The summed E-state index contributed by atoms with van der Waals surface area (Å²) in [6.45, 7) is 2.47. The van der Waals surface area contributed by atoms with Gasteiger partial charge in [0.05, 0.1) is 24.7 Å². The van der Waals surface area contributed by atoms with Crippen molar-refractivity contribution in [1.82, 2.24) is 10.2 Å². The van der Waals surface area contributed by atoms with Crippen LogP contribution >= 0.6 is 15.9 Å². The van der Waals surface area contributed by atoms with E-state index >= 15 is 0 Å². The van der Waals surface area contributed by atoms with Crippen molar-refractivity contribution in [3.8, 4) is 17.2 Å². The smallest absolute Gasteiger partial charge is 0.331 e. The number of barbiturate groups is 1. The number of aromatic hydroxyl groups is 1. The van der Waals surface area contributed by atoms with Crippen LogP contribution in [0.15, 0.2) is 46.4 Å². The number of hydrogen-bond acceptors (Lipinski definition) is 6. The first kappa shape index (κ1) is 22.4. The molecule has 1 aliphatic heterocycles. The Hall–Kier alpha value is -3.33. The molecule has 0 aromatic heterocycles. The third-order valence-electron chi connectivity index (χ3n) is 4.50. The second-order valence-electron chi connectivity index (χ2n) is 6.75. The molecule has 2 aromatic rings. The minimum absolute atomic E-state index is 0.0266. The number of carbonyl (C=O) groups excluding carboxylic acids is 3. The molecule has 2 aromatic carbocycles. The Morgan fingerprint density at radius 1 is 1.13 bits per heavy atom. The summed E-state index contributed by atoms with van der Waals surface area (Å²) in [5.74, 6) is -0.425. The Balaban J connectivity index is 1.86. The molecule has 1 fully saturated rings. The van der Waals surface area contributed by atoms with Gasteiger partial charge in [-0.1, -0.05) is 19.1 Å². The van der Waals surface area contributed by atoms with Gasteiger partial charge in [0, 0.05) is 0 Å². The summed E-state index contributed by atoms with van der Waals surface area (Å²) in [5.41, 5.74) is 0.953. The highest BCUT2D eigenvalue weighted by Gasteiger charge is 2.35. The second-order valence-corrected chi connectivity index (χ2v) is 7.61. The number of methoxy groups -OCH3 is 1. The first-order chi connectivity index (χ1) is 14.8. The first-order valence-electron chi connectivity index (χ1n) is 9.51. The molecule has 162 valence electrons. The van der Waals surface area contributed by atoms with Gasteiger partial charge in [-0.15, -0.1) is 0 Å². The Morgan fingerprint density at radius 3 is 2.58 bits per heavy atom. The summed E-state index contributed by atoms with van der Waals surface area (Å²) in [4.78, 5) is 38.5. The van der Waals surface area contributed by atoms with Gasteiger partial charge in [-0.05, 0) is 63.8 Å². The number of imide groups is 2. The van der Waals surface area contributed by atoms with Gasteiger partial charge in [0.1, 0.15) is 11.3 Å². The average Bonchev–Trinajstić information content (AvgIpc) is 2.75. The maximum absolute atomic E-state index is 12.9. The fourth-order valence-electron chi connectivity index (χ4n) is 2.94. The monoisotopic (exact) mass is 488 g/mol. The lowest BCUT2D eigenvalue weighted by molar-refractivity contribution is -0.130. The van der Waals surface area contributed by atoms with E-state index in [1.54, 1.807) is 30.3 Å². The molecule has 0 spiro atoms. The van der Waals surface area contributed by atoms with Crippen LogP contribution in [0.1, 0.15) is 24.5 Å². The van der Waals surface area contributed by atoms with Crippen molar-refractivity contribution in [2.75, 3.05) is 13.7 Å². The lowest BCUT2D eigenvalue weighted by Crippen LogP contribution is -2.53. The number of urea groups is 1. The number of ether oxygens (including phenoxy) is 2. The van der Waals surface area contributed by atoms with E-state index in [0.717, 1.165) is 11.3 Å². The van der Waals surface area contributed by atoms with E-state index in [-0.39, 0.29) is 17.9 Å². The molecule has 0 atom stereocenters. The third-order valence-corrected chi connectivity index (χ3v) is 5.13. The van der Waals surface area contributed by atoms with Crippen LogP contribution in [0, 0.1) is 0 Å². The molecule has 1 aliphatic rings. The van der Waals surface area contributed by atoms with Crippen LogP contribution in [0.25, 0.3) is 6.08 Å². The highest BCUT2D eigenvalue weighted by Crippen LogP contribution is 2.30. The maximum Gasteiger partial charge on any atom is 0.331 e. The van der Waals surface area contributed by atoms with E-state index in [9.17, 15) is 19.5 Å². The van der Waals surface area contributed by atoms with Gasteiger partial charge in [-0.2, -0.15) is 0 Å². The summed E-state index contributed by atoms with van der Waals surface area (Å²) in [6, 6.07) is 8.86. The molecule has 0 radical (unpaired) electrons. The predicted molar refractivity (Wildman–Crippen MR) is 117 cm³/mol. The van der Waals surface area contributed by atoms with Crippen molar-refractivity contribution in [1.29, 1.82) is 0 Å². The lowest BCUT2D eigenvalue weighted by Gasteiger charge is -2.26. The van der Waals surface area contributed by atoms with Gasteiger partial charge in [0.15, 0.2) is 11.5 Å². The van der Waals surface area contributed by atoms with Crippen LogP contribution in [0.3, 0.4) is 0 Å². The van der Waals surface area contributed by atoms with Crippen molar-refractivity contribution in [3.63, 3.8) is 0 Å². The fourth-order valence-corrected chi connectivity index (χ4v) is 3.34. The van der Waals surface area contributed by atoms with Crippen LogP contribution in [-0.2, 0) is 16.1 Å². The van der Waals surface area contributed by atoms with Crippen LogP contribution in [0.5, 0.6) is 17.2 Å². The standard InChI is InChI=1S/C22H21BrN2O6/c1-3-8-31-18-7-5-14(11-19(18)30-2)12-25-21(28)15(20(27)24-22(25)29)9-13-4-6-17(26)16(23)10-13/h4-7,9-11,26H,3,8,12H2,1-2H3,(H,24,27,29)/b15-9+. The summed E-state index contributed by atoms with van der Waals surface area (Å²) in [5, 5.41) is 11.8. The number of phenols is 1. The molecule has 9 heteroatoms. The molecule has 31 heavy (non-hydrogen) atoms. The minimum Gasteiger partial charge on any atom is -0.507 e. The summed E-state index contributed by atoms with van der Waals surface area (Å²) in [6.07, 6.45) is 2.21. The van der Waals surface area contributed by atoms with Crippen LogP contribution in [0.4, 0.5) is 4.79 Å². The van der Waals surface area contributed by atoms with Gasteiger partial charge in [0.25, 0.3) is 11.8 Å². The van der Waals surface area contributed by atoms with Crippen molar-refractivity contribution in [2.45, 2.75) is 19.9 Å². The zero-order chi connectivity index (χ0) is 22.5.